The molecule has 1 rings (SSSR count). The quantitative estimate of drug-likeness (QED) is 0.771. The summed E-state index contributed by atoms with van der Waals surface area (Å²) in [6, 6.07) is 1.25. The lowest BCUT2D eigenvalue weighted by Crippen LogP contribution is -2.15. The minimum absolute atomic E-state index is 0.0758. The zero-order valence-electron chi connectivity index (χ0n) is 8.97. The number of Topliss-reactive ketones (excluding diaryl/α,β-unsaturated/α-hetero) is 1. The number of carbonyl (C=O) groups excluding carboxylic acids is 1. The van der Waals surface area contributed by atoms with Crippen LogP contribution >= 0.6 is 15.9 Å². The van der Waals surface area contributed by atoms with Gasteiger partial charge in [0.25, 0.3) is 0 Å². The number of nitrogens with zero attached hydrogens (tertiary/aromatic N) is 1. The van der Waals surface area contributed by atoms with E-state index in [2.05, 4.69) is 20.9 Å². The fraction of sp³-hybridized carbons (Fsp3) is 0.455. The van der Waals surface area contributed by atoms with E-state index < -0.39 is 5.82 Å². The average Bonchev–Trinajstić information content (AvgIpc) is 1.99. The minimum Gasteiger partial charge on any atom is -0.292 e. The Bertz CT molecular complexity index is 385. The maximum Gasteiger partial charge on any atom is 0.184 e. The maximum atomic E-state index is 13.4. The molecular formula is C11H13BrFNO. The molecule has 0 atom stereocenters. The Morgan fingerprint density at radius 3 is 2.60 bits per heavy atom. The lowest BCUT2D eigenvalue weighted by Gasteiger charge is -2.16. The molecule has 0 aromatic carbocycles. The summed E-state index contributed by atoms with van der Waals surface area (Å²) in [5, 5.41) is 0. The third kappa shape index (κ3) is 3.70. The molecule has 1 heterocycles. The fourth-order valence-corrected chi connectivity index (χ4v) is 1.49. The molecule has 0 aliphatic rings. The average molecular weight is 274 g/mol. The van der Waals surface area contributed by atoms with Crippen molar-refractivity contribution in [3.05, 3.63) is 28.2 Å². The molecule has 4 heteroatoms. The zero-order valence-corrected chi connectivity index (χ0v) is 10.6. The van der Waals surface area contributed by atoms with Crippen LogP contribution in [0.2, 0.25) is 0 Å². The van der Waals surface area contributed by atoms with Gasteiger partial charge >= 0.3 is 0 Å². The molecule has 0 aliphatic carbocycles. The van der Waals surface area contributed by atoms with Crippen LogP contribution in [0.1, 0.15) is 37.7 Å². The third-order valence-electron chi connectivity index (χ3n) is 1.76. The first kappa shape index (κ1) is 12.3. The van der Waals surface area contributed by atoms with E-state index in [4.69, 9.17) is 0 Å². The van der Waals surface area contributed by atoms with Crippen LogP contribution in [0, 0.1) is 11.2 Å². The van der Waals surface area contributed by atoms with E-state index in [0.29, 0.717) is 10.9 Å². The standard InChI is InChI=1S/C11H13BrFNO/c1-11(2,3)5-9(15)10-8(13)4-7(12)6-14-10/h4,6H,5H2,1-3H3. The minimum atomic E-state index is -0.571. The number of rotatable bonds is 2. The second-order valence-electron chi connectivity index (χ2n) is 4.64. The van der Waals surface area contributed by atoms with Crippen LogP contribution in [-0.2, 0) is 0 Å². The van der Waals surface area contributed by atoms with E-state index in [0.717, 1.165) is 0 Å². The van der Waals surface area contributed by atoms with Gasteiger partial charge in [-0.25, -0.2) is 9.37 Å². The highest BCUT2D eigenvalue weighted by Crippen LogP contribution is 2.22. The van der Waals surface area contributed by atoms with Gasteiger partial charge in [0.15, 0.2) is 11.6 Å². The molecule has 15 heavy (non-hydrogen) atoms. The predicted octanol–water partition coefficient (Wildman–Crippen LogP) is 3.60. The molecule has 0 fully saturated rings. The number of carbonyl (C=O) groups is 1. The van der Waals surface area contributed by atoms with Crippen molar-refractivity contribution >= 4 is 21.7 Å². The first-order valence-corrected chi connectivity index (χ1v) is 5.43. The van der Waals surface area contributed by atoms with Crippen molar-refractivity contribution in [1.29, 1.82) is 0 Å². The third-order valence-corrected chi connectivity index (χ3v) is 2.20. The summed E-state index contributed by atoms with van der Waals surface area (Å²) in [5.74, 6) is -0.828. The molecule has 0 saturated heterocycles. The summed E-state index contributed by atoms with van der Waals surface area (Å²) in [6.45, 7) is 5.80. The maximum absolute atomic E-state index is 13.4. The lowest BCUT2D eigenvalue weighted by atomic mass is 9.89. The summed E-state index contributed by atoms with van der Waals surface area (Å²) < 4.78 is 13.9. The summed E-state index contributed by atoms with van der Waals surface area (Å²) >= 11 is 3.09. The highest BCUT2D eigenvalue weighted by molar-refractivity contribution is 9.10. The first-order chi connectivity index (χ1) is 6.79. The molecule has 0 N–H and O–H groups in total. The summed E-state index contributed by atoms with van der Waals surface area (Å²) in [7, 11) is 0. The van der Waals surface area contributed by atoms with Crippen molar-refractivity contribution < 1.29 is 9.18 Å². The van der Waals surface area contributed by atoms with E-state index in [1.54, 1.807) is 0 Å². The first-order valence-electron chi connectivity index (χ1n) is 4.64. The van der Waals surface area contributed by atoms with Gasteiger partial charge in [0, 0.05) is 17.1 Å². The number of aromatic nitrogens is 1. The molecule has 0 aliphatic heterocycles. The zero-order chi connectivity index (χ0) is 11.6. The topological polar surface area (TPSA) is 30.0 Å². The summed E-state index contributed by atoms with van der Waals surface area (Å²) in [5.41, 5.74) is -0.230. The van der Waals surface area contributed by atoms with Crippen molar-refractivity contribution in [1.82, 2.24) is 4.98 Å². The highest BCUT2D eigenvalue weighted by Gasteiger charge is 2.20. The molecule has 0 amide bonds. The van der Waals surface area contributed by atoms with E-state index in [1.165, 1.54) is 12.3 Å². The molecule has 0 unspecified atom stereocenters. The lowest BCUT2D eigenvalue weighted by molar-refractivity contribution is 0.0930. The van der Waals surface area contributed by atoms with Crippen molar-refractivity contribution in [2.75, 3.05) is 0 Å². The summed E-state index contributed by atoms with van der Waals surface area (Å²) in [4.78, 5) is 15.5. The molecular weight excluding hydrogens is 261 g/mol. The van der Waals surface area contributed by atoms with E-state index in [9.17, 15) is 9.18 Å². The largest absolute Gasteiger partial charge is 0.292 e. The Labute approximate surface area is 97.0 Å². The second kappa shape index (κ2) is 4.39. The molecule has 0 bridgehead atoms. The normalized spacial score (nSPS) is 11.5. The van der Waals surface area contributed by atoms with Crippen molar-refractivity contribution in [3.8, 4) is 0 Å². The van der Waals surface area contributed by atoms with E-state index in [-0.39, 0.29) is 16.9 Å². The van der Waals surface area contributed by atoms with Gasteiger partial charge in [-0.3, -0.25) is 4.79 Å². The van der Waals surface area contributed by atoms with Crippen LogP contribution in [0.4, 0.5) is 4.39 Å². The van der Waals surface area contributed by atoms with Crippen LogP contribution in [-0.4, -0.2) is 10.8 Å². The SMILES string of the molecule is CC(C)(C)CC(=O)c1ncc(Br)cc1F. The van der Waals surface area contributed by atoms with Gasteiger partial charge in [-0.05, 0) is 27.4 Å². The Hall–Kier alpha value is -0.770. The van der Waals surface area contributed by atoms with Crippen LogP contribution in [0.5, 0.6) is 0 Å². The van der Waals surface area contributed by atoms with Crippen LogP contribution in [0.25, 0.3) is 0 Å². The van der Waals surface area contributed by atoms with Crippen LogP contribution in [0.15, 0.2) is 16.7 Å². The number of ketones is 1. The second-order valence-corrected chi connectivity index (χ2v) is 5.56. The van der Waals surface area contributed by atoms with E-state index in [1.807, 2.05) is 20.8 Å². The van der Waals surface area contributed by atoms with Crippen molar-refractivity contribution in [2.24, 2.45) is 5.41 Å². The Morgan fingerprint density at radius 1 is 1.53 bits per heavy atom. The Balaban J connectivity index is 2.92. The van der Waals surface area contributed by atoms with Crippen LogP contribution < -0.4 is 0 Å². The Kier molecular flexibility index (Phi) is 3.60. The molecule has 0 saturated carbocycles. The Morgan fingerprint density at radius 2 is 2.13 bits per heavy atom. The monoisotopic (exact) mass is 273 g/mol. The van der Waals surface area contributed by atoms with Gasteiger partial charge in [0.2, 0.25) is 0 Å². The molecule has 1 aromatic rings. The van der Waals surface area contributed by atoms with Gasteiger partial charge in [-0.2, -0.15) is 0 Å². The molecule has 2 nitrogen and oxygen atoms in total. The van der Waals surface area contributed by atoms with Gasteiger partial charge in [-0.15, -0.1) is 0 Å². The van der Waals surface area contributed by atoms with Gasteiger partial charge in [0.05, 0.1) is 0 Å². The number of halogens is 2. The molecule has 82 valence electrons. The van der Waals surface area contributed by atoms with Crippen molar-refractivity contribution in [2.45, 2.75) is 27.2 Å². The van der Waals surface area contributed by atoms with Crippen molar-refractivity contribution in [3.63, 3.8) is 0 Å². The van der Waals surface area contributed by atoms with E-state index >= 15 is 0 Å². The smallest absolute Gasteiger partial charge is 0.184 e. The van der Waals surface area contributed by atoms with Gasteiger partial charge < -0.3 is 0 Å². The highest BCUT2D eigenvalue weighted by atomic mass is 79.9. The predicted molar refractivity (Wildman–Crippen MR) is 60.3 cm³/mol. The van der Waals surface area contributed by atoms with Crippen LogP contribution in [0.3, 0.4) is 0 Å². The van der Waals surface area contributed by atoms with Gasteiger partial charge in [-0.1, -0.05) is 20.8 Å². The fourth-order valence-electron chi connectivity index (χ4n) is 1.19. The number of hydrogen-bond acceptors (Lipinski definition) is 2. The van der Waals surface area contributed by atoms with Gasteiger partial charge in [0.1, 0.15) is 5.69 Å². The molecule has 0 spiro atoms. The number of pyridine rings is 1. The molecule has 1 aromatic heterocycles. The number of hydrogen-bond donors (Lipinski definition) is 0. The molecule has 0 radical (unpaired) electrons. The summed E-state index contributed by atoms with van der Waals surface area (Å²) in [6.07, 6.45) is 1.72.